The van der Waals surface area contributed by atoms with Crippen LogP contribution >= 0.6 is 0 Å². The van der Waals surface area contributed by atoms with E-state index in [1.54, 1.807) is 53.4 Å². The van der Waals surface area contributed by atoms with Gasteiger partial charge >= 0.3 is 5.97 Å². The fourth-order valence-electron chi connectivity index (χ4n) is 3.66. The summed E-state index contributed by atoms with van der Waals surface area (Å²) in [4.78, 5) is 38.9. The van der Waals surface area contributed by atoms with Crippen molar-refractivity contribution < 1.29 is 28.2 Å². The molecule has 0 saturated heterocycles. The Balaban J connectivity index is 1.48. The van der Waals surface area contributed by atoms with Crippen molar-refractivity contribution in [2.75, 3.05) is 30.5 Å². The van der Waals surface area contributed by atoms with Gasteiger partial charge in [0.25, 0.3) is 11.8 Å². The van der Waals surface area contributed by atoms with Gasteiger partial charge in [-0.05, 0) is 54.4 Å². The van der Waals surface area contributed by atoms with Crippen molar-refractivity contribution in [3.63, 3.8) is 0 Å². The molecule has 0 aromatic heterocycles. The van der Waals surface area contributed by atoms with Crippen molar-refractivity contribution in [3.05, 3.63) is 89.2 Å². The third-order valence-electron chi connectivity index (χ3n) is 5.27. The molecule has 4 rings (SSSR count). The first kappa shape index (κ1) is 22.0. The first-order chi connectivity index (χ1) is 16.0. The maximum absolute atomic E-state index is 13.7. The lowest BCUT2D eigenvalue weighted by molar-refractivity contribution is -0.118. The predicted octanol–water partition coefficient (Wildman–Crippen LogP) is 3.83. The minimum Gasteiger partial charge on any atom is -0.483 e. The number of benzene rings is 3. The van der Waals surface area contributed by atoms with Crippen molar-refractivity contribution in [1.82, 2.24) is 0 Å². The molecular weight excluding hydrogens is 427 g/mol. The molecule has 0 spiro atoms. The molecule has 3 aromatic rings. The van der Waals surface area contributed by atoms with Crippen molar-refractivity contribution in [3.8, 4) is 5.75 Å². The number of halogens is 1. The smallest absolute Gasteiger partial charge is 0.337 e. The summed E-state index contributed by atoms with van der Waals surface area (Å²) >= 11 is 0. The Bertz CT molecular complexity index is 1230. The van der Waals surface area contributed by atoms with Crippen LogP contribution in [0.15, 0.2) is 66.7 Å². The first-order valence-corrected chi connectivity index (χ1v) is 10.3. The standard InChI is InChI=1S/C25H21FN2O5/c1-32-25(31)17-10-11-21-16(14-17)12-13-28(21)24(30)18-6-2-5-9-22(18)33-15-23(29)27-20-8-4-3-7-19(20)26/h2-11,14H,12-13,15H2,1H3,(H,27,29). The summed E-state index contributed by atoms with van der Waals surface area (Å²) in [6, 6.07) is 17.5. The van der Waals surface area contributed by atoms with Crippen LogP contribution in [0.2, 0.25) is 0 Å². The minimum absolute atomic E-state index is 0.0514. The molecular formula is C25H21FN2O5. The summed E-state index contributed by atoms with van der Waals surface area (Å²) in [6.45, 7) is 0.0542. The van der Waals surface area contributed by atoms with Crippen molar-refractivity contribution in [2.45, 2.75) is 6.42 Å². The Morgan fingerprint density at radius 2 is 1.79 bits per heavy atom. The minimum atomic E-state index is -0.552. The lowest BCUT2D eigenvalue weighted by Crippen LogP contribution is -2.29. The van der Waals surface area contributed by atoms with E-state index in [4.69, 9.17) is 9.47 Å². The van der Waals surface area contributed by atoms with Gasteiger partial charge in [-0.25, -0.2) is 9.18 Å². The Kier molecular flexibility index (Phi) is 6.35. The first-order valence-electron chi connectivity index (χ1n) is 10.3. The van der Waals surface area contributed by atoms with Crippen LogP contribution < -0.4 is 15.0 Å². The highest BCUT2D eigenvalue weighted by molar-refractivity contribution is 6.09. The number of fused-ring (bicyclic) bond motifs is 1. The lowest BCUT2D eigenvalue weighted by atomic mass is 10.1. The molecule has 0 aliphatic carbocycles. The second kappa shape index (κ2) is 9.52. The van der Waals surface area contributed by atoms with Crippen molar-refractivity contribution in [2.24, 2.45) is 0 Å². The van der Waals surface area contributed by atoms with Crippen LogP contribution in [0.3, 0.4) is 0 Å². The second-order valence-electron chi connectivity index (χ2n) is 7.35. The Hall–Kier alpha value is -4.20. The van der Waals surface area contributed by atoms with Crippen LogP contribution in [0.4, 0.5) is 15.8 Å². The van der Waals surface area contributed by atoms with E-state index in [1.165, 1.54) is 25.3 Å². The maximum Gasteiger partial charge on any atom is 0.337 e. The van der Waals surface area contributed by atoms with E-state index in [9.17, 15) is 18.8 Å². The number of hydrogen-bond donors (Lipinski definition) is 1. The molecule has 0 bridgehead atoms. The van der Waals surface area contributed by atoms with Gasteiger partial charge in [-0.15, -0.1) is 0 Å². The van der Waals surface area contributed by atoms with E-state index in [0.29, 0.717) is 29.8 Å². The highest BCUT2D eigenvalue weighted by Crippen LogP contribution is 2.32. The van der Waals surface area contributed by atoms with E-state index in [2.05, 4.69) is 5.32 Å². The Labute approximate surface area is 189 Å². The number of carbonyl (C=O) groups is 3. The van der Waals surface area contributed by atoms with E-state index >= 15 is 0 Å². The molecule has 0 atom stereocenters. The van der Waals surface area contributed by atoms with Crippen LogP contribution in [0, 0.1) is 5.82 Å². The number of para-hydroxylation sites is 2. The molecule has 1 N–H and O–H groups in total. The summed E-state index contributed by atoms with van der Waals surface area (Å²) in [5.41, 5.74) is 2.35. The predicted molar refractivity (Wildman–Crippen MR) is 120 cm³/mol. The van der Waals surface area contributed by atoms with Crippen LogP contribution in [0.5, 0.6) is 5.75 Å². The lowest BCUT2D eigenvalue weighted by Gasteiger charge is -2.19. The molecule has 1 aliphatic heterocycles. The van der Waals surface area contributed by atoms with Crippen LogP contribution in [-0.4, -0.2) is 38.0 Å². The van der Waals surface area contributed by atoms with E-state index < -0.39 is 24.3 Å². The molecule has 0 fully saturated rings. The average Bonchev–Trinajstić information content (AvgIpc) is 3.26. The quantitative estimate of drug-likeness (QED) is 0.580. The number of anilines is 2. The number of hydrogen-bond acceptors (Lipinski definition) is 5. The molecule has 7 nitrogen and oxygen atoms in total. The van der Waals surface area contributed by atoms with Gasteiger partial charge in [-0.1, -0.05) is 24.3 Å². The number of nitrogens with one attached hydrogen (secondary N) is 1. The summed E-state index contributed by atoms with van der Waals surface area (Å²) in [6.07, 6.45) is 0.597. The molecule has 0 saturated carbocycles. The number of ether oxygens (including phenoxy) is 2. The third kappa shape index (κ3) is 4.69. The van der Waals surface area contributed by atoms with E-state index in [0.717, 1.165) is 5.56 Å². The number of rotatable bonds is 6. The largest absolute Gasteiger partial charge is 0.483 e. The van der Waals surface area contributed by atoms with E-state index in [1.807, 2.05) is 0 Å². The Morgan fingerprint density at radius 3 is 2.58 bits per heavy atom. The molecule has 168 valence electrons. The van der Waals surface area contributed by atoms with Gasteiger partial charge in [0.15, 0.2) is 6.61 Å². The highest BCUT2D eigenvalue weighted by atomic mass is 19.1. The zero-order valence-corrected chi connectivity index (χ0v) is 17.8. The van der Waals surface area contributed by atoms with Crippen LogP contribution in [0.25, 0.3) is 0 Å². The molecule has 33 heavy (non-hydrogen) atoms. The molecule has 0 unspecified atom stereocenters. The fourth-order valence-corrected chi connectivity index (χ4v) is 3.66. The molecule has 1 heterocycles. The van der Waals surface area contributed by atoms with Crippen LogP contribution in [0.1, 0.15) is 26.3 Å². The van der Waals surface area contributed by atoms with Gasteiger partial charge in [0.05, 0.1) is 23.9 Å². The maximum atomic E-state index is 13.7. The molecule has 8 heteroatoms. The number of nitrogens with zero attached hydrogens (tertiary/aromatic N) is 1. The Morgan fingerprint density at radius 1 is 1.03 bits per heavy atom. The van der Waals surface area contributed by atoms with Gasteiger partial charge in [-0.2, -0.15) is 0 Å². The summed E-state index contributed by atoms with van der Waals surface area (Å²) in [5.74, 6) is -1.58. The van der Waals surface area contributed by atoms with Crippen molar-refractivity contribution in [1.29, 1.82) is 0 Å². The number of esters is 1. The zero-order chi connectivity index (χ0) is 23.4. The summed E-state index contributed by atoms with van der Waals surface area (Å²) in [7, 11) is 1.32. The van der Waals surface area contributed by atoms with Gasteiger partial charge in [0.2, 0.25) is 0 Å². The average molecular weight is 448 g/mol. The second-order valence-corrected chi connectivity index (χ2v) is 7.35. The highest BCUT2D eigenvalue weighted by Gasteiger charge is 2.28. The third-order valence-corrected chi connectivity index (χ3v) is 5.27. The monoisotopic (exact) mass is 448 g/mol. The topological polar surface area (TPSA) is 84.9 Å². The molecule has 3 aromatic carbocycles. The van der Waals surface area contributed by atoms with Gasteiger partial charge in [0.1, 0.15) is 11.6 Å². The SMILES string of the molecule is COC(=O)c1ccc2c(c1)CCN2C(=O)c1ccccc1OCC(=O)Nc1ccccc1F. The van der Waals surface area contributed by atoms with Gasteiger partial charge < -0.3 is 19.7 Å². The molecule has 2 amide bonds. The normalized spacial score (nSPS) is 12.1. The number of methoxy groups -OCH3 is 1. The summed E-state index contributed by atoms with van der Waals surface area (Å²) < 4.78 is 24.1. The van der Waals surface area contributed by atoms with Gasteiger partial charge in [0, 0.05) is 12.2 Å². The fraction of sp³-hybridized carbons (Fsp3) is 0.160. The molecule has 1 aliphatic rings. The number of amides is 2. The summed E-state index contributed by atoms with van der Waals surface area (Å²) in [5, 5.41) is 2.44. The van der Waals surface area contributed by atoms with Gasteiger partial charge in [-0.3, -0.25) is 9.59 Å². The van der Waals surface area contributed by atoms with Crippen molar-refractivity contribution >= 4 is 29.2 Å². The number of carbonyl (C=O) groups excluding carboxylic acids is 3. The van der Waals surface area contributed by atoms with Crippen LogP contribution in [-0.2, 0) is 16.0 Å². The van der Waals surface area contributed by atoms with E-state index in [-0.39, 0.29) is 17.3 Å². The zero-order valence-electron chi connectivity index (χ0n) is 17.8. The molecule has 0 radical (unpaired) electrons.